The SMILES string of the molecule is OC/C=C/c1ccc(OCO)cc1. The zero-order valence-corrected chi connectivity index (χ0v) is 7.18. The molecule has 3 nitrogen and oxygen atoms in total. The standard InChI is InChI=1S/C10H12O3/c11-7-1-2-9-3-5-10(6-4-9)13-8-12/h1-6,11-12H,7-8H2/b2-1+. The molecule has 0 aliphatic carbocycles. The van der Waals surface area contributed by atoms with E-state index in [4.69, 9.17) is 14.9 Å². The second-order valence-corrected chi connectivity index (χ2v) is 2.43. The lowest BCUT2D eigenvalue weighted by Crippen LogP contribution is -1.93. The smallest absolute Gasteiger partial charge is 0.186 e. The van der Waals surface area contributed by atoms with E-state index in [2.05, 4.69) is 0 Å². The Morgan fingerprint density at radius 1 is 1.15 bits per heavy atom. The van der Waals surface area contributed by atoms with E-state index < -0.39 is 0 Å². The van der Waals surface area contributed by atoms with Crippen LogP contribution < -0.4 is 4.74 Å². The Morgan fingerprint density at radius 3 is 2.38 bits per heavy atom. The van der Waals surface area contributed by atoms with Gasteiger partial charge >= 0.3 is 0 Å². The van der Waals surface area contributed by atoms with Crippen LogP contribution in [0.5, 0.6) is 5.75 Å². The fraction of sp³-hybridized carbons (Fsp3) is 0.200. The van der Waals surface area contributed by atoms with Crippen molar-refractivity contribution in [1.29, 1.82) is 0 Å². The lowest BCUT2D eigenvalue weighted by atomic mass is 10.2. The fourth-order valence-electron chi connectivity index (χ4n) is 0.938. The molecule has 0 bridgehead atoms. The van der Waals surface area contributed by atoms with Gasteiger partial charge in [0.25, 0.3) is 0 Å². The molecule has 0 spiro atoms. The molecule has 1 rings (SSSR count). The molecule has 0 heterocycles. The van der Waals surface area contributed by atoms with Crippen molar-refractivity contribution in [1.82, 2.24) is 0 Å². The van der Waals surface area contributed by atoms with Gasteiger partial charge in [0.05, 0.1) is 6.61 Å². The molecule has 0 aliphatic heterocycles. The van der Waals surface area contributed by atoms with Gasteiger partial charge in [0.2, 0.25) is 0 Å². The first-order valence-electron chi connectivity index (χ1n) is 3.98. The number of aliphatic hydroxyl groups is 2. The molecule has 0 aromatic heterocycles. The van der Waals surface area contributed by atoms with Crippen LogP contribution >= 0.6 is 0 Å². The minimum absolute atomic E-state index is 0.0366. The van der Waals surface area contributed by atoms with Crippen molar-refractivity contribution in [3.8, 4) is 5.75 Å². The number of rotatable bonds is 4. The summed E-state index contributed by atoms with van der Waals surface area (Å²) in [6.45, 7) is -0.277. The van der Waals surface area contributed by atoms with Crippen LogP contribution in [0.1, 0.15) is 5.56 Å². The second-order valence-electron chi connectivity index (χ2n) is 2.43. The Balaban J connectivity index is 2.64. The average molecular weight is 180 g/mol. The zero-order valence-electron chi connectivity index (χ0n) is 7.18. The van der Waals surface area contributed by atoms with Crippen LogP contribution in [0.25, 0.3) is 6.08 Å². The Bertz CT molecular complexity index is 264. The van der Waals surface area contributed by atoms with Gasteiger partial charge in [-0.3, -0.25) is 0 Å². The fourth-order valence-corrected chi connectivity index (χ4v) is 0.938. The van der Waals surface area contributed by atoms with Crippen LogP contribution in [0, 0.1) is 0 Å². The third-order valence-corrected chi connectivity index (χ3v) is 1.53. The van der Waals surface area contributed by atoms with Gasteiger partial charge in [-0.15, -0.1) is 0 Å². The van der Waals surface area contributed by atoms with Crippen LogP contribution in [0.15, 0.2) is 30.3 Å². The Labute approximate surface area is 76.9 Å². The summed E-state index contributed by atoms with van der Waals surface area (Å²) in [4.78, 5) is 0. The van der Waals surface area contributed by atoms with Crippen molar-refractivity contribution in [3.05, 3.63) is 35.9 Å². The van der Waals surface area contributed by atoms with Crippen molar-refractivity contribution >= 4 is 6.08 Å². The molecule has 3 heteroatoms. The molecule has 0 aliphatic rings. The van der Waals surface area contributed by atoms with E-state index in [0.29, 0.717) is 5.75 Å². The van der Waals surface area contributed by atoms with E-state index >= 15 is 0 Å². The average Bonchev–Trinajstić information content (AvgIpc) is 2.17. The summed E-state index contributed by atoms with van der Waals surface area (Å²) in [5, 5.41) is 17.0. The molecule has 0 atom stereocenters. The molecule has 13 heavy (non-hydrogen) atoms. The van der Waals surface area contributed by atoms with E-state index in [1.807, 2.05) is 18.2 Å². The van der Waals surface area contributed by atoms with Crippen molar-refractivity contribution in [3.63, 3.8) is 0 Å². The predicted octanol–water partition coefficient (Wildman–Crippen LogP) is 1.02. The van der Waals surface area contributed by atoms with Crippen LogP contribution in [0.2, 0.25) is 0 Å². The molecule has 0 saturated heterocycles. The highest BCUT2D eigenvalue weighted by molar-refractivity contribution is 5.50. The molecule has 0 unspecified atom stereocenters. The molecular weight excluding hydrogens is 168 g/mol. The lowest BCUT2D eigenvalue weighted by Gasteiger charge is -2.01. The van der Waals surface area contributed by atoms with E-state index in [1.54, 1.807) is 18.2 Å². The van der Waals surface area contributed by atoms with Crippen LogP contribution in [-0.2, 0) is 0 Å². The molecule has 0 radical (unpaired) electrons. The second kappa shape index (κ2) is 5.35. The molecule has 1 aromatic rings. The summed E-state index contributed by atoms with van der Waals surface area (Å²) in [6, 6.07) is 7.20. The Hall–Kier alpha value is -1.32. The van der Waals surface area contributed by atoms with Crippen LogP contribution in [-0.4, -0.2) is 23.6 Å². The molecule has 70 valence electrons. The summed E-state index contributed by atoms with van der Waals surface area (Å²) >= 11 is 0. The number of ether oxygens (including phenoxy) is 1. The highest BCUT2D eigenvalue weighted by Crippen LogP contribution is 2.12. The van der Waals surface area contributed by atoms with Gasteiger partial charge in [0.1, 0.15) is 5.75 Å². The number of hydrogen-bond donors (Lipinski definition) is 2. The van der Waals surface area contributed by atoms with E-state index in [1.165, 1.54) is 0 Å². The minimum atomic E-state index is -0.314. The monoisotopic (exact) mass is 180 g/mol. The van der Waals surface area contributed by atoms with Crippen LogP contribution in [0.4, 0.5) is 0 Å². The topological polar surface area (TPSA) is 49.7 Å². The van der Waals surface area contributed by atoms with E-state index in [-0.39, 0.29) is 13.4 Å². The maximum absolute atomic E-state index is 8.52. The highest BCUT2D eigenvalue weighted by atomic mass is 16.6. The van der Waals surface area contributed by atoms with E-state index in [9.17, 15) is 0 Å². The van der Waals surface area contributed by atoms with Crippen molar-refractivity contribution in [2.75, 3.05) is 13.4 Å². The summed E-state index contributed by atoms with van der Waals surface area (Å²) in [5.74, 6) is 0.628. The Morgan fingerprint density at radius 2 is 1.85 bits per heavy atom. The van der Waals surface area contributed by atoms with Gasteiger partial charge in [0, 0.05) is 0 Å². The number of benzene rings is 1. The molecule has 2 N–H and O–H groups in total. The van der Waals surface area contributed by atoms with Gasteiger partial charge in [-0.05, 0) is 17.7 Å². The number of hydrogen-bond acceptors (Lipinski definition) is 3. The van der Waals surface area contributed by atoms with Gasteiger partial charge in [-0.1, -0.05) is 24.3 Å². The first kappa shape index (κ1) is 9.77. The summed E-state index contributed by atoms with van der Waals surface area (Å²) < 4.78 is 4.85. The quantitative estimate of drug-likeness (QED) is 0.680. The van der Waals surface area contributed by atoms with Crippen molar-refractivity contribution in [2.45, 2.75) is 0 Å². The third-order valence-electron chi connectivity index (χ3n) is 1.53. The van der Waals surface area contributed by atoms with Crippen LogP contribution in [0.3, 0.4) is 0 Å². The largest absolute Gasteiger partial charge is 0.468 e. The van der Waals surface area contributed by atoms with Gasteiger partial charge in [-0.25, -0.2) is 0 Å². The predicted molar refractivity (Wildman–Crippen MR) is 50.3 cm³/mol. The van der Waals surface area contributed by atoms with Crippen molar-refractivity contribution < 1.29 is 14.9 Å². The lowest BCUT2D eigenvalue weighted by molar-refractivity contribution is 0.0985. The first-order valence-corrected chi connectivity index (χ1v) is 3.98. The van der Waals surface area contributed by atoms with Gasteiger partial charge < -0.3 is 14.9 Å². The minimum Gasteiger partial charge on any atom is -0.468 e. The molecule has 0 fully saturated rings. The van der Waals surface area contributed by atoms with E-state index in [0.717, 1.165) is 5.56 Å². The maximum Gasteiger partial charge on any atom is 0.186 e. The summed E-state index contributed by atoms with van der Waals surface area (Å²) in [7, 11) is 0. The summed E-state index contributed by atoms with van der Waals surface area (Å²) in [6.07, 6.45) is 3.46. The molecular formula is C10H12O3. The molecule has 0 amide bonds. The van der Waals surface area contributed by atoms with Crippen molar-refractivity contribution in [2.24, 2.45) is 0 Å². The molecule has 0 saturated carbocycles. The number of aliphatic hydroxyl groups excluding tert-OH is 2. The highest BCUT2D eigenvalue weighted by Gasteiger charge is 1.90. The first-order chi connectivity index (χ1) is 6.36. The van der Waals surface area contributed by atoms with Gasteiger partial charge in [-0.2, -0.15) is 0 Å². The Kier molecular flexibility index (Phi) is 4.02. The normalized spacial score (nSPS) is 10.6. The zero-order chi connectivity index (χ0) is 9.52. The molecule has 1 aromatic carbocycles. The third kappa shape index (κ3) is 3.27. The van der Waals surface area contributed by atoms with Gasteiger partial charge in [0.15, 0.2) is 6.79 Å². The maximum atomic E-state index is 8.52. The summed E-state index contributed by atoms with van der Waals surface area (Å²) in [5.41, 5.74) is 0.985.